The molecule has 0 radical (unpaired) electrons. The number of aromatic amines is 2. The molecule has 132 valence electrons. The summed E-state index contributed by atoms with van der Waals surface area (Å²) in [5, 5.41) is 7.89. The first-order valence-corrected chi connectivity index (χ1v) is 9.68. The van der Waals surface area contributed by atoms with Crippen LogP contribution in [0.5, 0.6) is 0 Å². The van der Waals surface area contributed by atoms with Crippen molar-refractivity contribution in [1.82, 2.24) is 20.2 Å². The van der Waals surface area contributed by atoms with Crippen molar-refractivity contribution in [2.45, 2.75) is 43.9 Å². The Hall–Kier alpha value is -2.62. The zero-order valence-corrected chi connectivity index (χ0v) is 14.9. The maximum Gasteiger partial charge on any atom is 0.158 e. The Kier molecular flexibility index (Phi) is 3.77. The maximum atomic E-state index is 4.57. The molecule has 1 unspecified atom stereocenters. The normalized spacial score (nSPS) is 23.1. The van der Waals surface area contributed by atoms with Gasteiger partial charge in [-0.05, 0) is 24.3 Å². The van der Waals surface area contributed by atoms with Gasteiger partial charge in [0, 0.05) is 35.5 Å². The predicted octanol–water partition coefficient (Wildman–Crippen LogP) is 4.89. The van der Waals surface area contributed by atoms with Gasteiger partial charge in [0.05, 0.1) is 0 Å². The highest BCUT2D eigenvalue weighted by atomic mass is 15.1. The summed E-state index contributed by atoms with van der Waals surface area (Å²) in [6.07, 6.45) is 16.1. The van der Waals surface area contributed by atoms with Crippen LogP contribution >= 0.6 is 0 Å². The zero-order chi connectivity index (χ0) is 17.4. The smallest absolute Gasteiger partial charge is 0.158 e. The Bertz CT molecular complexity index is 901. The second-order valence-electron chi connectivity index (χ2n) is 7.65. The summed E-state index contributed by atoms with van der Waals surface area (Å²) in [4.78, 5) is 7.56. The molecule has 1 fully saturated rings. The molecule has 26 heavy (non-hydrogen) atoms. The van der Waals surface area contributed by atoms with Crippen molar-refractivity contribution in [1.29, 1.82) is 0 Å². The van der Waals surface area contributed by atoms with E-state index in [1.54, 1.807) is 6.20 Å². The van der Waals surface area contributed by atoms with Gasteiger partial charge in [0.15, 0.2) is 5.82 Å². The average molecular weight is 344 g/mol. The summed E-state index contributed by atoms with van der Waals surface area (Å²) in [5.74, 6) is 1.52. The van der Waals surface area contributed by atoms with Crippen LogP contribution in [0.3, 0.4) is 0 Å². The van der Waals surface area contributed by atoms with Crippen LogP contribution in [0.15, 0.2) is 48.8 Å². The fourth-order valence-electron chi connectivity index (χ4n) is 4.94. The van der Waals surface area contributed by atoms with Gasteiger partial charge in [0.25, 0.3) is 0 Å². The molecule has 4 nitrogen and oxygen atoms in total. The Morgan fingerprint density at radius 1 is 1.04 bits per heavy atom. The van der Waals surface area contributed by atoms with Gasteiger partial charge in [-0.25, -0.2) is 4.98 Å². The number of imidazole rings is 1. The number of H-pyrrole nitrogens is 2. The van der Waals surface area contributed by atoms with Crippen molar-refractivity contribution in [2.24, 2.45) is 5.92 Å². The molecule has 4 heteroatoms. The lowest BCUT2D eigenvalue weighted by atomic mass is 9.61. The lowest BCUT2D eigenvalue weighted by Crippen LogP contribution is -2.38. The van der Waals surface area contributed by atoms with Crippen molar-refractivity contribution in [3.63, 3.8) is 0 Å². The van der Waals surface area contributed by atoms with Crippen LogP contribution in [0.25, 0.3) is 17.6 Å². The van der Waals surface area contributed by atoms with E-state index in [9.17, 15) is 0 Å². The molecule has 3 aromatic rings. The van der Waals surface area contributed by atoms with E-state index in [1.165, 1.54) is 48.9 Å². The standard InChI is InChI=1S/C22H24N4/c1-3-7-16(8-4-1)22(17-9-5-2-6-10-17)12-11-18-19(15-22)25-26-20(18)21-23-13-14-24-21/h1,3-4,7-8,11-14,17H,2,5-6,9-10,15H2,(H,23,24)(H,25,26). The van der Waals surface area contributed by atoms with E-state index >= 15 is 0 Å². The Morgan fingerprint density at radius 3 is 2.65 bits per heavy atom. The van der Waals surface area contributed by atoms with Crippen LogP contribution < -0.4 is 0 Å². The Morgan fingerprint density at radius 2 is 1.88 bits per heavy atom. The molecule has 2 aliphatic carbocycles. The minimum Gasteiger partial charge on any atom is -0.343 e. The fourth-order valence-corrected chi connectivity index (χ4v) is 4.94. The van der Waals surface area contributed by atoms with Gasteiger partial charge in [-0.15, -0.1) is 0 Å². The highest BCUT2D eigenvalue weighted by Gasteiger charge is 2.41. The minimum absolute atomic E-state index is 0.0711. The molecule has 5 rings (SSSR count). The third kappa shape index (κ3) is 2.44. The van der Waals surface area contributed by atoms with Crippen LogP contribution in [0.4, 0.5) is 0 Å². The molecule has 0 amide bonds. The van der Waals surface area contributed by atoms with Gasteiger partial charge < -0.3 is 4.98 Å². The average Bonchev–Trinajstić information content (AvgIpc) is 3.38. The largest absolute Gasteiger partial charge is 0.343 e. The molecule has 1 atom stereocenters. The lowest BCUT2D eigenvalue weighted by Gasteiger charge is -2.43. The summed E-state index contributed by atoms with van der Waals surface area (Å²) in [6.45, 7) is 0. The first-order chi connectivity index (χ1) is 12.9. The van der Waals surface area contributed by atoms with Gasteiger partial charge in [0.2, 0.25) is 0 Å². The summed E-state index contributed by atoms with van der Waals surface area (Å²) < 4.78 is 0. The van der Waals surface area contributed by atoms with E-state index in [0.29, 0.717) is 5.92 Å². The molecule has 2 aromatic heterocycles. The van der Waals surface area contributed by atoms with E-state index in [0.717, 1.165) is 17.9 Å². The first-order valence-electron chi connectivity index (χ1n) is 9.68. The minimum atomic E-state index is 0.0711. The summed E-state index contributed by atoms with van der Waals surface area (Å²) in [7, 11) is 0. The van der Waals surface area contributed by atoms with Crippen molar-refractivity contribution in [3.05, 3.63) is 65.6 Å². The molecular weight excluding hydrogens is 320 g/mol. The second-order valence-corrected chi connectivity index (χ2v) is 7.65. The van der Waals surface area contributed by atoms with E-state index in [4.69, 9.17) is 0 Å². The van der Waals surface area contributed by atoms with Crippen molar-refractivity contribution in [3.8, 4) is 11.5 Å². The quantitative estimate of drug-likeness (QED) is 0.711. The van der Waals surface area contributed by atoms with Crippen LogP contribution in [-0.2, 0) is 11.8 Å². The van der Waals surface area contributed by atoms with Crippen LogP contribution in [0.2, 0.25) is 0 Å². The van der Waals surface area contributed by atoms with Gasteiger partial charge in [-0.2, -0.15) is 5.10 Å². The van der Waals surface area contributed by atoms with E-state index in [1.807, 2.05) is 6.20 Å². The lowest BCUT2D eigenvalue weighted by molar-refractivity contribution is 0.241. The number of rotatable bonds is 3. The third-order valence-electron chi connectivity index (χ3n) is 6.27. The molecule has 2 aliphatic rings. The van der Waals surface area contributed by atoms with Crippen molar-refractivity contribution in [2.75, 3.05) is 0 Å². The highest BCUT2D eigenvalue weighted by molar-refractivity contribution is 5.72. The van der Waals surface area contributed by atoms with Crippen LogP contribution in [-0.4, -0.2) is 20.2 Å². The molecule has 0 saturated heterocycles. The number of allylic oxidation sites excluding steroid dienone is 1. The topological polar surface area (TPSA) is 57.4 Å². The van der Waals surface area contributed by atoms with Gasteiger partial charge in [-0.3, -0.25) is 5.10 Å². The highest BCUT2D eigenvalue weighted by Crippen LogP contribution is 2.47. The van der Waals surface area contributed by atoms with Crippen molar-refractivity contribution < 1.29 is 0 Å². The molecule has 2 heterocycles. The van der Waals surface area contributed by atoms with Gasteiger partial charge in [0.1, 0.15) is 5.69 Å². The summed E-state index contributed by atoms with van der Waals surface area (Å²) in [5.41, 5.74) is 4.84. The molecule has 2 N–H and O–H groups in total. The van der Waals surface area contributed by atoms with Crippen LogP contribution in [0, 0.1) is 5.92 Å². The second kappa shape index (κ2) is 6.27. The van der Waals surface area contributed by atoms with E-state index in [2.05, 4.69) is 62.6 Å². The van der Waals surface area contributed by atoms with Crippen LogP contribution in [0.1, 0.15) is 48.9 Å². The molecule has 1 aromatic carbocycles. The van der Waals surface area contributed by atoms with Gasteiger partial charge >= 0.3 is 0 Å². The molecule has 1 saturated carbocycles. The SMILES string of the molecule is C1=CC(c2ccccc2)(C2CCCCC2)Cc2[nH]nc(-c3ncc[nH]3)c21. The monoisotopic (exact) mass is 344 g/mol. The molecular formula is C22H24N4. The number of aromatic nitrogens is 4. The molecule has 0 spiro atoms. The number of nitrogens with one attached hydrogen (secondary N) is 2. The number of nitrogens with zero attached hydrogens (tertiary/aromatic N) is 2. The predicted molar refractivity (Wildman–Crippen MR) is 104 cm³/mol. The third-order valence-corrected chi connectivity index (χ3v) is 6.27. The number of hydrogen-bond donors (Lipinski definition) is 2. The maximum absolute atomic E-state index is 4.57. The Balaban J connectivity index is 1.59. The van der Waals surface area contributed by atoms with Crippen molar-refractivity contribution >= 4 is 6.08 Å². The number of benzene rings is 1. The Labute approximate surface area is 153 Å². The van der Waals surface area contributed by atoms with E-state index in [-0.39, 0.29) is 5.41 Å². The van der Waals surface area contributed by atoms with Gasteiger partial charge in [-0.1, -0.05) is 61.7 Å². The first kappa shape index (κ1) is 15.6. The van der Waals surface area contributed by atoms with E-state index < -0.39 is 0 Å². The summed E-state index contributed by atoms with van der Waals surface area (Å²) in [6, 6.07) is 11.1. The number of hydrogen-bond acceptors (Lipinski definition) is 2. The summed E-state index contributed by atoms with van der Waals surface area (Å²) >= 11 is 0. The fraction of sp³-hybridized carbons (Fsp3) is 0.364. The molecule has 0 aliphatic heterocycles. The zero-order valence-electron chi connectivity index (χ0n) is 14.9. The number of fused-ring (bicyclic) bond motifs is 1. The molecule has 0 bridgehead atoms.